The molecule has 38 atom stereocenters. The Morgan fingerprint density at radius 3 is 0.623 bits per heavy atom. The van der Waals surface area contributed by atoms with Crippen molar-refractivity contribution in [2.75, 3.05) is 0 Å². The largest absolute Gasteiger partial charge is 0.0528 e. The average molecular weight is 809 g/mol. The van der Waals surface area contributed by atoms with Crippen molar-refractivity contribution in [1.82, 2.24) is 0 Å². The van der Waals surface area contributed by atoms with E-state index in [0.29, 0.717) is 0 Å². The molecule has 0 aromatic carbocycles. The zero-order valence-corrected chi connectivity index (χ0v) is 37.2. The highest BCUT2D eigenvalue weighted by atomic mass is 15.0. The Labute approximate surface area is 366 Å². The van der Waals surface area contributed by atoms with Crippen LogP contribution in [0.15, 0.2) is 0 Å². The SMILES string of the molecule is C1CC2CC(C1)C1CC2C2CC1C1CC2C2CC1C1CC2C2CC1C1C3C2C2C3C1C1C3C2C2C4C5C6C7C8CC(C9CC8C8CC9C9CCC98)C8C7C6C8C6C5C4C6C1C32. The third-order valence-electron chi connectivity index (χ3n) is 35.1. The van der Waals surface area contributed by atoms with Gasteiger partial charge in [-0.3, -0.25) is 0 Å². The van der Waals surface area contributed by atoms with Crippen LogP contribution in [0.5, 0.6) is 0 Å². The molecule has 320 valence electrons. The molecule has 24 rings (SSSR count). The first-order valence-corrected chi connectivity index (χ1v) is 30.3. The van der Waals surface area contributed by atoms with E-state index in [-0.39, 0.29) is 0 Å². The highest BCUT2D eigenvalue weighted by Crippen LogP contribution is 2.99. The number of fused-ring (bicyclic) bond motifs is 57. The lowest BCUT2D eigenvalue weighted by Gasteiger charge is -2.98. The van der Waals surface area contributed by atoms with Crippen LogP contribution >= 0.6 is 0 Å². The topological polar surface area (TPSA) is 0 Å². The van der Waals surface area contributed by atoms with Gasteiger partial charge in [0.15, 0.2) is 0 Å². The van der Waals surface area contributed by atoms with E-state index >= 15 is 0 Å². The van der Waals surface area contributed by atoms with Gasteiger partial charge in [-0.05, 0) is 349 Å². The fourth-order valence-electron chi connectivity index (χ4n) is 35.9. The molecule has 0 aliphatic heterocycles. The molecule has 0 radical (unpaired) electrons. The Hall–Kier alpha value is 0. The van der Waals surface area contributed by atoms with Crippen molar-refractivity contribution in [2.24, 2.45) is 272 Å². The first-order valence-electron chi connectivity index (χ1n) is 30.3. The van der Waals surface area contributed by atoms with Crippen LogP contribution in [-0.4, -0.2) is 0 Å². The predicted molar refractivity (Wildman–Crippen MR) is 230 cm³/mol. The summed E-state index contributed by atoms with van der Waals surface area (Å²) in [4.78, 5) is 0. The van der Waals surface area contributed by atoms with Crippen LogP contribution in [0, 0.1) is 272 Å². The van der Waals surface area contributed by atoms with Crippen molar-refractivity contribution in [3.63, 3.8) is 0 Å². The molecule has 0 amide bonds. The second kappa shape index (κ2) is 8.92. The summed E-state index contributed by atoms with van der Waals surface area (Å²) < 4.78 is 0. The van der Waals surface area contributed by atoms with Crippen LogP contribution in [0.1, 0.15) is 96.3 Å². The molecular formula is C61H76. The summed E-state index contributed by atoms with van der Waals surface area (Å²) in [5.74, 6) is 57.8. The molecule has 61 heavy (non-hydrogen) atoms. The molecule has 24 fully saturated rings. The van der Waals surface area contributed by atoms with Gasteiger partial charge < -0.3 is 0 Å². The van der Waals surface area contributed by atoms with Gasteiger partial charge in [-0.2, -0.15) is 0 Å². The summed E-state index contributed by atoms with van der Waals surface area (Å²) in [6, 6.07) is 0. The van der Waals surface area contributed by atoms with Gasteiger partial charge >= 0.3 is 0 Å². The van der Waals surface area contributed by atoms with Crippen LogP contribution < -0.4 is 0 Å². The summed E-state index contributed by atoms with van der Waals surface area (Å²) in [5.41, 5.74) is 0. The molecule has 0 heterocycles. The standard InChI is InChI=1S/C61H76/c1-2-16-6-17(3-1)21-7-20(16)24-9-25(21)27-10-26(24)28-11-29(27)33-13-32(28)36-15-37(33)41-43-40(36)46-49(43)47(41)53-55-52(46)58-56-50-44-38-34-14-35(31-12-30(34)22-8-23(31)19-5-4-18(19)22)39-42(38)48(44)45(39)51-54(50)60(56)57(51)59(53)61(55)58/h16-61H,1-15H2. The normalized spacial score (nSPS) is 87.3. The van der Waals surface area contributed by atoms with Crippen molar-refractivity contribution in [1.29, 1.82) is 0 Å². The molecule has 0 saturated heterocycles. The van der Waals surface area contributed by atoms with Gasteiger partial charge in [-0.1, -0.05) is 19.3 Å². The predicted octanol–water partition coefficient (Wildman–Crippen LogP) is 11.5. The van der Waals surface area contributed by atoms with E-state index in [1.807, 2.05) is 6.42 Å². The molecule has 38 unspecified atom stereocenters. The third kappa shape index (κ3) is 2.59. The first-order chi connectivity index (χ1) is 30.3. The van der Waals surface area contributed by atoms with Crippen LogP contribution in [0.2, 0.25) is 0 Å². The summed E-state index contributed by atoms with van der Waals surface area (Å²) in [7, 11) is 0. The second-order valence-corrected chi connectivity index (χ2v) is 32.5. The number of hydrogen-bond donors (Lipinski definition) is 0. The van der Waals surface area contributed by atoms with Gasteiger partial charge in [0.2, 0.25) is 0 Å². The lowest BCUT2D eigenvalue weighted by atomic mass is 9.06. The van der Waals surface area contributed by atoms with Crippen LogP contribution in [-0.2, 0) is 0 Å². The Morgan fingerprint density at radius 1 is 0.131 bits per heavy atom. The Balaban J connectivity index is 0.619. The fraction of sp³-hybridized carbons (Fsp3) is 1.00. The maximum atomic E-state index is 1.82. The van der Waals surface area contributed by atoms with Gasteiger partial charge in [0.25, 0.3) is 0 Å². The zero-order valence-electron chi connectivity index (χ0n) is 37.2. The van der Waals surface area contributed by atoms with E-state index < -0.39 is 0 Å². The first kappa shape index (κ1) is 31.1. The van der Waals surface area contributed by atoms with E-state index in [0.717, 1.165) is 0 Å². The van der Waals surface area contributed by atoms with Gasteiger partial charge in [-0.15, -0.1) is 0 Å². The molecule has 0 nitrogen and oxygen atoms in total. The van der Waals surface area contributed by atoms with Gasteiger partial charge in [0, 0.05) is 0 Å². The molecule has 24 aliphatic rings. The van der Waals surface area contributed by atoms with Crippen molar-refractivity contribution >= 4 is 0 Å². The number of hydrogen-bond acceptors (Lipinski definition) is 0. The average Bonchev–Trinajstić information content (AvgIpc) is 3.45. The monoisotopic (exact) mass is 809 g/mol. The van der Waals surface area contributed by atoms with Crippen molar-refractivity contribution < 1.29 is 0 Å². The minimum atomic E-state index is 1.17. The minimum Gasteiger partial charge on any atom is -0.0528 e. The summed E-state index contributed by atoms with van der Waals surface area (Å²) in [5, 5.41) is 0. The molecular weight excluding hydrogens is 733 g/mol. The summed E-state index contributed by atoms with van der Waals surface area (Å²) in [6.07, 6.45) is 26.0. The van der Waals surface area contributed by atoms with Gasteiger partial charge in [0.05, 0.1) is 0 Å². The lowest BCUT2D eigenvalue weighted by molar-refractivity contribution is -0.514. The third-order valence-corrected chi connectivity index (χ3v) is 35.1. The maximum absolute atomic E-state index is 1.82. The molecule has 0 spiro atoms. The van der Waals surface area contributed by atoms with Crippen LogP contribution in [0.4, 0.5) is 0 Å². The summed E-state index contributed by atoms with van der Waals surface area (Å²) >= 11 is 0. The maximum Gasteiger partial charge on any atom is -0.0312 e. The second-order valence-electron chi connectivity index (χ2n) is 32.5. The highest BCUT2D eigenvalue weighted by Gasteiger charge is 2.95. The smallest absolute Gasteiger partial charge is 0.0312 e. The molecule has 0 heteroatoms. The van der Waals surface area contributed by atoms with E-state index in [4.69, 9.17) is 0 Å². The van der Waals surface area contributed by atoms with E-state index in [1.165, 1.54) is 272 Å². The van der Waals surface area contributed by atoms with Gasteiger partial charge in [-0.25, -0.2) is 0 Å². The molecule has 20 bridgehead atoms. The Morgan fingerprint density at radius 2 is 0.328 bits per heavy atom. The Kier molecular flexibility index (Phi) is 4.55. The number of rotatable bonds is 0. The van der Waals surface area contributed by atoms with Crippen molar-refractivity contribution in [3.05, 3.63) is 0 Å². The van der Waals surface area contributed by atoms with Crippen molar-refractivity contribution in [3.8, 4) is 0 Å². The molecule has 24 saturated carbocycles. The van der Waals surface area contributed by atoms with E-state index in [1.54, 1.807) is 89.9 Å². The fourth-order valence-corrected chi connectivity index (χ4v) is 35.9. The summed E-state index contributed by atoms with van der Waals surface area (Å²) in [6.45, 7) is 0. The Bertz CT molecular complexity index is 2090. The quantitative estimate of drug-likeness (QED) is 0.214. The molecule has 0 aromatic heterocycles. The molecule has 0 N–H and O–H groups in total. The van der Waals surface area contributed by atoms with Crippen molar-refractivity contribution in [2.45, 2.75) is 96.3 Å². The zero-order chi connectivity index (χ0) is 37.2. The molecule has 0 aromatic rings. The van der Waals surface area contributed by atoms with E-state index in [9.17, 15) is 0 Å². The van der Waals surface area contributed by atoms with E-state index in [2.05, 4.69) is 0 Å². The highest BCUT2D eigenvalue weighted by molar-refractivity contribution is 5.42. The van der Waals surface area contributed by atoms with Gasteiger partial charge in [0.1, 0.15) is 0 Å². The van der Waals surface area contributed by atoms with Crippen LogP contribution in [0.3, 0.4) is 0 Å². The minimum absolute atomic E-state index is 1.17. The van der Waals surface area contributed by atoms with Crippen LogP contribution in [0.25, 0.3) is 0 Å². The lowest BCUT2D eigenvalue weighted by Crippen LogP contribution is -2.95. The molecule has 24 aliphatic carbocycles.